The van der Waals surface area contributed by atoms with Gasteiger partial charge in [0.05, 0.1) is 6.61 Å². The monoisotopic (exact) mass is 295 g/mol. The maximum absolute atomic E-state index is 5.63. The zero-order chi connectivity index (χ0) is 14.5. The Balaban J connectivity index is 2.04. The lowest BCUT2D eigenvalue weighted by atomic mass is 10.3. The fraction of sp³-hybridized carbons (Fsp3) is 0.533. The second kappa shape index (κ2) is 11.5. The van der Waals surface area contributed by atoms with Crippen molar-refractivity contribution >= 4 is 17.7 Å². The van der Waals surface area contributed by atoms with E-state index in [-0.39, 0.29) is 0 Å². The molecule has 112 valence electrons. The maximum atomic E-state index is 5.63. The van der Waals surface area contributed by atoms with Crippen LogP contribution in [-0.4, -0.2) is 44.7 Å². The molecule has 0 amide bonds. The van der Waals surface area contributed by atoms with Crippen LogP contribution in [-0.2, 0) is 0 Å². The Morgan fingerprint density at radius 3 is 2.50 bits per heavy atom. The molecule has 0 atom stereocenters. The van der Waals surface area contributed by atoms with E-state index in [2.05, 4.69) is 21.9 Å². The molecule has 0 aliphatic heterocycles. The molecule has 1 aromatic rings. The highest BCUT2D eigenvalue weighted by atomic mass is 32.2. The number of rotatable bonds is 9. The maximum Gasteiger partial charge on any atom is 0.190 e. The lowest BCUT2D eigenvalue weighted by Crippen LogP contribution is -2.38. The van der Waals surface area contributed by atoms with Crippen molar-refractivity contribution in [3.8, 4) is 5.75 Å². The molecule has 1 aromatic carbocycles. The van der Waals surface area contributed by atoms with Gasteiger partial charge in [-0.05, 0) is 37.0 Å². The van der Waals surface area contributed by atoms with Crippen LogP contribution >= 0.6 is 11.8 Å². The van der Waals surface area contributed by atoms with Gasteiger partial charge in [-0.3, -0.25) is 4.99 Å². The molecule has 0 aliphatic rings. The van der Waals surface area contributed by atoms with E-state index in [4.69, 9.17) is 4.74 Å². The van der Waals surface area contributed by atoms with E-state index in [1.807, 2.05) is 42.1 Å². The highest BCUT2D eigenvalue weighted by Gasteiger charge is 1.97. The van der Waals surface area contributed by atoms with Crippen LogP contribution in [0.4, 0.5) is 0 Å². The van der Waals surface area contributed by atoms with Gasteiger partial charge in [0, 0.05) is 20.1 Å². The zero-order valence-electron chi connectivity index (χ0n) is 12.4. The van der Waals surface area contributed by atoms with Crippen LogP contribution in [0.3, 0.4) is 0 Å². The minimum atomic E-state index is 0.709. The van der Waals surface area contributed by atoms with Crippen molar-refractivity contribution in [1.82, 2.24) is 10.6 Å². The molecule has 0 unspecified atom stereocenters. The van der Waals surface area contributed by atoms with Crippen molar-refractivity contribution < 1.29 is 4.74 Å². The second-order valence-electron chi connectivity index (χ2n) is 4.29. The van der Waals surface area contributed by atoms with Gasteiger partial charge in [0.25, 0.3) is 0 Å². The summed E-state index contributed by atoms with van der Waals surface area (Å²) in [5.41, 5.74) is 0. The van der Waals surface area contributed by atoms with Crippen molar-refractivity contribution in [1.29, 1.82) is 0 Å². The fourth-order valence-electron chi connectivity index (χ4n) is 1.63. The Morgan fingerprint density at radius 1 is 1.15 bits per heavy atom. The summed E-state index contributed by atoms with van der Waals surface area (Å²) in [4.78, 5) is 4.19. The van der Waals surface area contributed by atoms with Crippen molar-refractivity contribution in [2.24, 2.45) is 4.99 Å². The van der Waals surface area contributed by atoms with Crippen LogP contribution in [0.2, 0.25) is 0 Å². The van der Waals surface area contributed by atoms with Crippen molar-refractivity contribution in [3.63, 3.8) is 0 Å². The molecule has 0 aromatic heterocycles. The second-order valence-corrected chi connectivity index (χ2v) is 5.27. The van der Waals surface area contributed by atoms with Crippen LogP contribution in [0.25, 0.3) is 0 Å². The summed E-state index contributed by atoms with van der Waals surface area (Å²) in [6, 6.07) is 9.89. The third kappa shape index (κ3) is 7.94. The van der Waals surface area contributed by atoms with Gasteiger partial charge >= 0.3 is 0 Å². The molecule has 1 rings (SSSR count). The summed E-state index contributed by atoms with van der Waals surface area (Å²) >= 11 is 1.87. The van der Waals surface area contributed by atoms with E-state index in [1.165, 1.54) is 5.75 Å². The van der Waals surface area contributed by atoms with Crippen LogP contribution in [0.5, 0.6) is 5.75 Å². The van der Waals surface area contributed by atoms with Gasteiger partial charge in [-0.25, -0.2) is 0 Å². The lowest BCUT2D eigenvalue weighted by molar-refractivity contribution is 0.311. The first kappa shape index (κ1) is 16.7. The molecule has 0 fully saturated rings. The molecule has 0 radical (unpaired) electrons. The highest BCUT2D eigenvalue weighted by Crippen LogP contribution is 2.07. The van der Waals surface area contributed by atoms with E-state index in [9.17, 15) is 0 Å². The van der Waals surface area contributed by atoms with E-state index >= 15 is 0 Å². The van der Waals surface area contributed by atoms with Gasteiger partial charge in [-0.1, -0.05) is 18.2 Å². The number of hydrogen-bond acceptors (Lipinski definition) is 3. The van der Waals surface area contributed by atoms with E-state index < -0.39 is 0 Å². The lowest BCUT2D eigenvalue weighted by Gasteiger charge is -2.12. The Morgan fingerprint density at radius 2 is 1.85 bits per heavy atom. The predicted molar refractivity (Wildman–Crippen MR) is 88.9 cm³/mol. The van der Waals surface area contributed by atoms with E-state index in [1.54, 1.807) is 7.05 Å². The van der Waals surface area contributed by atoms with E-state index in [0.29, 0.717) is 6.61 Å². The quantitative estimate of drug-likeness (QED) is 0.417. The summed E-state index contributed by atoms with van der Waals surface area (Å²) in [6.07, 6.45) is 4.22. The van der Waals surface area contributed by atoms with Gasteiger partial charge in [0.2, 0.25) is 0 Å². The standard InChI is InChI=1S/C15H25N3OS/c1-16-15(18-11-7-13-20-2)17-10-6-12-19-14-8-4-3-5-9-14/h3-5,8-9H,6-7,10-13H2,1-2H3,(H2,16,17,18). The molecule has 0 bridgehead atoms. The van der Waals surface area contributed by atoms with Gasteiger partial charge in [-0.15, -0.1) is 0 Å². The first-order valence-corrected chi connectivity index (χ1v) is 8.37. The Bertz CT molecular complexity index is 371. The first-order valence-electron chi connectivity index (χ1n) is 6.98. The first-order chi connectivity index (χ1) is 9.86. The molecule has 0 saturated carbocycles. The third-order valence-electron chi connectivity index (χ3n) is 2.67. The number of guanidine groups is 1. The molecule has 20 heavy (non-hydrogen) atoms. The average molecular weight is 295 g/mol. The van der Waals surface area contributed by atoms with Crippen LogP contribution in [0.15, 0.2) is 35.3 Å². The molecule has 0 aliphatic carbocycles. The smallest absolute Gasteiger partial charge is 0.190 e. The predicted octanol–water partition coefficient (Wildman–Crippen LogP) is 2.37. The Labute approximate surface area is 126 Å². The number of nitrogens with zero attached hydrogens (tertiary/aromatic N) is 1. The summed E-state index contributed by atoms with van der Waals surface area (Å²) in [6.45, 7) is 2.52. The summed E-state index contributed by atoms with van der Waals surface area (Å²) in [5.74, 6) is 2.97. The minimum Gasteiger partial charge on any atom is -0.494 e. The number of para-hydroxylation sites is 1. The molecule has 2 N–H and O–H groups in total. The van der Waals surface area contributed by atoms with Gasteiger partial charge in [0.1, 0.15) is 5.75 Å². The van der Waals surface area contributed by atoms with Gasteiger partial charge < -0.3 is 15.4 Å². The molecule has 4 nitrogen and oxygen atoms in total. The van der Waals surface area contributed by atoms with E-state index in [0.717, 1.165) is 37.6 Å². The molecule has 0 saturated heterocycles. The SMILES string of the molecule is CN=C(NCCCOc1ccccc1)NCCCSC. The average Bonchev–Trinajstić information content (AvgIpc) is 2.50. The zero-order valence-corrected chi connectivity index (χ0v) is 13.2. The third-order valence-corrected chi connectivity index (χ3v) is 3.36. The number of thioether (sulfide) groups is 1. The number of nitrogens with one attached hydrogen (secondary N) is 2. The van der Waals surface area contributed by atoms with Crippen LogP contribution < -0.4 is 15.4 Å². The molecular weight excluding hydrogens is 270 g/mol. The number of ether oxygens (including phenoxy) is 1. The van der Waals surface area contributed by atoms with Crippen molar-refractivity contribution in [3.05, 3.63) is 30.3 Å². The van der Waals surface area contributed by atoms with Gasteiger partial charge in [-0.2, -0.15) is 11.8 Å². The number of aliphatic imine (C=N–C) groups is 1. The summed E-state index contributed by atoms with van der Waals surface area (Å²) in [5, 5.41) is 6.58. The van der Waals surface area contributed by atoms with Crippen molar-refractivity contribution in [2.45, 2.75) is 12.8 Å². The van der Waals surface area contributed by atoms with Crippen LogP contribution in [0, 0.1) is 0 Å². The minimum absolute atomic E-state index is 0.709. The summed E-state index contributed by atoms with van der Waals surface area (Å²) < 4.78 is 5.63. The molecule has 0 heterocycles. The Hall–Kier alpha value is -1.36. The normalized spacial score (nSPS) is 11.2. The van der Waals surface area contributed by atoms with Crippen LogP contribution in [0.1, 0.15) is 12.8 Å². The largest absolute Gasteiger partial charge is 0.494 e. The molecular formula is C15H25N3OS. The number of benzene rings is 1. The van der Waals surface area contributed by atoms with Crippen molar-refractivity contribution in [2.75, 3.05) is 38.8 Å². The molecule has 0 spiro atoms. The fourth-order valence-corrected chi connectivity index (χ4v) is 2.06. The van der Waals surface area contributed by atoms with Gasteiger partial charge in [0.15, 0.2) is 5.96 Å². The highest BCUT2D eigenvalue weighted by molar-refractivity contribution is 7.98. The number of hydrogen-bond donors (Lipinski definition) is 2. The topological polar surface area (TPSA) is 45.7 Å². The summed E-state index contributed by atoms with van der Waals surface area (Å²) in [7, 11) is 1.80. The Kier molecular flexibility index (Phi) is 9.57. The molecule has 5 heteroatoms.